The molecule has 0 saturated heterocycles. The lowest BCUT2D eigenvalue weighted by molar-refractivity contribution is -0.125. The molecule has 0 radical (unpaired) electrons. The fraction of sp³-hybridized carbons (Fsp3) is 0.533. The summed E-state index contributed by atoms with van der Waals surface area (Å²) in [5, 5.41) is 0. The van der Waals surface area contributed by atoms with Crippen LogP contribution in [0.15, 0.2) is 30.3 Å². The van der Waals surface area contributed by atoms with E-state index in [-0.39, 0.29) is 5.41 Å². The number of rotatable bonds is 3. The molecule has 1 aliphatic rings. The van der Waals surface area contributed by atoms with Gasteiger partial charge in [-0.25, -0.2) is 0 Å². The van der Waals surface area contributed by atoms with Crippen molar-refractivity contribution in [2.45, 2.75) is 50.9 Å². The number of hydrogen-bond acceptors (Lipinski definition) is 1. The molecule has 0 bridgehead atoms. The zero-order valence-electron chi connectivity index (χ0n) is 10.0. The molecule has 1 aromatic carbocycles. The van der Waals surface area contributed by atoms with Gasteiger partial charge in [-0.1, -0.05) is 56.5 Å². The lowest BCUT2D eigenvalue weighted by atomic mass is 9.66. The van der Waals surface area contributed by atoms with Crippen LogP contribution in [-0.4, -0.2) is 5.78 Å². The molecule has 2 rings (SSSR count). The monoisotopic (exact) mass is 216 g/mol. The number of carbonyl (C=O) groups is 1. The summed E-state index contributed by atoms with van der Waals surface area (Å²) in [6.07, 6.45) is 6.43. The SMILES string of the molecule is CCC(=O)C1(c2ccccc2)CCCCC1. The van der Waals surface area contributed by atoms with Crippen molar-refractivity contribution in [3.8, 4) is 0 Å². The maximum atomic E-state index is 12.3. The largest absolute Gasteiger partial charge is 0.299 e. The highest BCUT2D eigenvalue weighted by molar-refractivity contribution is 5.90. The molecule has 0 spiro atoms. The van der Waals surface area contributed by atoms with Crippen molar-refractivity contribution in [1.29, 1.82) is 0 Å². The zero-order valence-corrected chi connectivity index (χ0v) is 10.0. The predicted molar refractivity (Wildman–Crippen MR) is 66.5 cm³/mol. The van der Waals surface area contributed by atoms with Gasteiger partial charge in [-0.15, -0.1) is 0 Å². The van der Waals surface area contributed by atoms with E-state index in [2.05, 4.69) is 24.3 Å². The molecule has 1 aromatic rings. The van der Waals surface area contributed by atoms with Crippen molar-refractivity contribution in [2.24, 2.45) is 0 Å². The lowest BCUT2D eigenvalue weighted by Gasteiger charge is -2.36. The van der Waals surface area contributed by atoms with E-state index in [0.717, 1.165) is 12.8 Å². The number of carbonyl (C=O) groups excluding carboxylic acids is 1. The van der Waals surface area contributed by atoms with Crippen molar-refractivity contribution < 1.29 is 4.79 Å². The molecular formula is C15H20O. The fourth-order valence-electron chi connectivity index (χ4n) is 2.98. The standard InChI is InChI=1S/C15H20O/c1-2-14(16)15(11-7-4-8-12-15)13-9-5-3-6-10-13/h3,5-6,9-10H,2,4,7-8,11-12H2,1H3. The Balaban J connectivity index is 2.38. The van der Waals surface area contributed by atoms with Crippen LogP contribution < -0.4 is 0 Å². The first-order valence-corrected chi connectivity index (χ1v) is 6.38. The van der Waals surface area contributed by atoms with Gasteiger partial charge in [0.25, 0.3) is 0 Å². The maximum absolute atomic E-state index is 12.3. The third-order valence-electron chi connectivity index (χ3n) is 3.89. The molecule has 86 valence electrons. The van der Waals surface area contributed by atoms with E-state index in [1.807, 2.05) is 13.0 Å². The average molecular weight is 216 g/mol. The van der Waals surface area contributed by atoms with E-state index in [9.17, 15) is 4.79 Å². The quantitative estimate of drug-likeness (QED) is 0.749. The van der Waals surface area contributed by atoms with Gasteiger partial charge in [-0.3, -0.25) is 4.79 Å². The van der Waals surface area contributed by atoms with Gasteiger partial charge < -0.3 is 0 Å². The van der Waals surface area contributed by atoms with Gasteiger partial charge in [0.1, 0.15) is 5.78 Å². The Kier molecular flexibility index (Phi) is 3.42. The van der Waals surface area contributed by atoms with E-state index < -0.39 is 0 Å². The molecule has 0 amide bonds. The Labute approximate surface area is 97.9 Å². The molecule has 1 aliphatic carbocycles. The number of hydrogen-bond donors (Lipinski definition) is 0. The van der Waals surface area contributed by atoms with Crippen molar-refractivity contribution in [1.82, 2.24) is 0 Å². The molecule has 0 aromatic heterocycles. The van der Waals surface area contributed by atoms with E-state index >= 15 is 0 Å². The van der Waals surface area contributed by atoms with Crippen molar-refractivity contribution in [2.75, 3.05) is 0 Å². The molecule has 1 saturated carbocycles. The van der Waals surface area contributed by atoms with Crippen molar-refractivity contribution in [3.63, 3.8) is 0 Å². The van der Waals surface area contributed by atoms with Crippen molar-refractivity contribution >= 4 is 5.78 Å². The van der Waals surface area contributed by atoms with Crippen LogP contribution >= 0.6 is 0 Å². The number of Topliss-reactive ketones (excluding diaryl/α,β-unsaturated/α-hetero) is 1. The van der Waals surface area contributed by atoms with Gasteiger partial charge in [0.15, 0.2) is 0 Å². The maximum Gasteiger partial charge on any atom is 0.143 e. The Morgan fingerprint density at radius 2 is 1.75 bits per heavy atom. The summed E-state index contributed by atoms with van der Waals surface area (Å²) in [6.45, 7) is 1.99. The van der Waals surface area contributed by atoms with Crippen LogP contribution in [-0.2, 0) is 10.2 Å². The van der Waals surface area contributed by atoms with Crippen LogP contribution in [0.25, 0.3) is 0 Å². The molecule has 16 heavy (non-hydrogen) atoms. The van der Waals surface area contributed by atoms with E-state index in [0.29, 0.717) is 12.2 Å². The molecular weight excluding hydrogens is 196 g/mol. The number of benzene rings is 1. The minimum Gasteiger partial charge on any atom is -0.299 e. The average Bonchev–Trinajstić information content (AvgIpc) is 2.39. The number of ketones is 1. The minimum absolute atomic E-state index is 0.158. The second kappa shape index (κ2) is 4.82. The van der Waals surface area contributed by atoms with Crippen LogP contribution in [0.1, 0.15) is 51.0 Å². The van der Waals surface area contributed by atoms with Gasteiger partial charge in [0.05, 0.1) is 5.41 Å². The highest BCUT2D eigenvalue weighted by atomic mass is 16.1. The summed E-state index contributed by atoms with van der Waals surface area (Å²) < 4.78 is 0. The van der Waals surface area contributed by atoms with Gasteiger partial charge in [-0.05, 0) is 18.4 Å². The predicted octanol–water partition coefficient (Wildman–Crippen LogP) is 3.87. The molecule has 1 fully saturated rings. The first-order chi connectivity index (χ1) is 7.79. The lowest BCUT2D eigenvalue weighted by Crippen LogP contribution is -2.37. The molecule has 0 heterocycles. The first-order valence-electron chi connectivity index (χ1n) is 6.38. The van der Waals surface area contributed by atoms with Crippen LogP contribution in [0.2, 0.25) is 0 Å². The summed E-state index contributed by atoms with van der Waals surface area (Å²) in [6, 6.07) is 10.4. The molecule has 0 atom stereocenters. The summed E-state index contributed by atoms with van der Waals surface area (Å²) in [4.78, 5) is 12.3. The fourth-order valence-corrected chi connectivity index (χ4v) is 2.98. The zero-order chi connectivity index (χ0) is 11.4. The van der Waals surface area contributed by atoms with E-state index in [1.165, 1.54) is 24.8 Å². The van der Waals surface area contributed by atoms with Gasteiger partial charge in [0, 0.05) is 6.42 Å². The Bertz CT molecular complexity index is 347. The van der Waals surface area contributed by atoms with Crippen molar-refractivity contribution in [3.05, 3.63) is 35.9 Å². The van der Waals surface area contributed by atoms with Crippen LogP contribution in [0, 0.1) is 0 Å². The van der Waals surface area contributed by atoms with Gasteiger partial charge >= 0.3 is 0 Å². The normalized spacial score (nSPS) is 19.3. The Hall–Kier alpha value is -1.11. The summed E-state index contributed by atoms with van der Waals surface area (Å²) >= 11 is 0. The van der Waals surface area contributed by atoms with E-state index in [1.54, 1.807) is 0 Å². The second-order valence-corrected chi connectivity index (χ2v) is 4.79. The van der Waals surface area contributed by atoms with Gasteiger partial charge in [0.2, 0.25) is 0 Å². The molecule has 1 nitrogen and oxygen atoms in total. The third kappa shape index (κ3) is 1.91. The van der Waals surface area contributed by atoms with Crippen LogP contribution in [0.3, 0.4) is 0 Å². The molecule has 0 unspecified atom stereocenters. The smallest absolute Gasteiger partial charge is 0.143 e. The summed E-state index contributed by atoms with van der Waals surface area (Å²) in [5.41, 5.74) is 1.08. The summed E-state index contributed by atoms with van der Waals surface area (Å²) in [5.74, 6) is 0.429. The Morgan fingerprint density at radius 3 is 2.31 bits per heavy atom. The third-order valence-corrected chi connectivity index (χ3v) is 3.89. The highest BCUT2D eigenvalue weighted by Crippen LogP contribution is 2.40. The Morgan fingerprint density at radius 1 is 1.12 bits per heavy atom. The summed E-state index contributed by atoms with van der Waals surface area (Å²) in [7, 11) is 0. The second-order valence-electron chi connectivity index (χ2n) is 4.79. The van der Waals surface area contributed by atoms with Crippen LogP contribution in [0.4, 0.5) is 0 Å². The highest BCUT2D eigenvalue weighted by Gasteiger charge is 2.39. The van der Waals surface area contributed by atoms with Gasteiger partial charge in [-0.2, -0.15) is 0 Å². The molecule has 0 aliphatic heterocycles. The van der Waals surface area contributed by atoms with Crippen LogP contribution in [0.5, 0.6) is 0 Å². The topological polar surface area (TPSA) is 17.1 Å². The minimum atomic E-state index is -0.158. The molecule has 0 N–H and O–H groups in total. The molecule has 1 heteroatoms. The first kappa shape index (κ1) is 11.4. The van der Waals surface area contributed by atoms with E-state index in [4.69, 9.17) is 0 Å².